The Morgan fingerprint density at radius 3 is 2.75 bits per heavy atom. The highest BCUT2D eigenvalue weighted by atomic mass is 15.3. The minimum atomic E-state index is 0.143. The Balaban J connectivity index is 2.41. The third kappa shape index (κ3) is 1.88. The lowest BCUT2D eigenvalue weighted by Gasteiger charge is -2.20. The third-order valence-electron chi connectivity index (χ3n) is 2.67. The van der Waals surface area contributed by atoms with E-state index < -0.39 is 0 Å². The van der Waals surface area contributed by atoms with Crippen molar-refractivity contribution in [1.29, 1.82) is 0 Å². The van der Waals surface area contributed by atoms with Crippen LogP contribution >= 0.6 is 0 Å². The van der Waals surface area contributed by atoms with Gasteiger partial charge in [0, 0.05) is 26.7 Å². The Kier molecular flexibility index (Phi) is 2.83. The van der Waals surface area contributed by atoms with Gasteiger partial charge in [0.2, 0.25) is 5.95 Å². The van der Waals surface area contributed by atoms with Crippen LogP contribution in [-0.4, -0.2) is 29.2 Å². The van der Waals surface area contributed by atoms with E-state index in [1.54, 1.807) is 0 Å². The van der Waals surface area contributed by atoms with Crippen molar-refractivity contribution in [1.82, 2.24) is 9.55 Å². The lowest BCUT2D eigenvalue weighted by molar-refractivity contribution is 0.695. The summed E-state index contributed by atoms with van der Waals surface area (Å²) in [5.41, 5.74) is 7.97. The average Bonchev–Trinajstić information content (AvgIpc) is 2.56. The molecule has 2 rings (SSSR count). The van der Waals surface area contributed by atoms with Gasteiger partial charge in [-0.1, -0.05) is 12.1 Å². The molecule has 0 radical (unpaired) electrons. The summed E-state index contributed by atoms with van der Waals surface area (Å²) in [7, 11) is 4.05. The lowest BCUT2D eigenvalue weighted by Crippen LogP contribution is -2.34. The summed E-state index contributed by atoms with van der Waals surface area (Å²) in [4.78, 5) is 6.69. The van der Waals surface area contributed by atoms with Crippen molar-refractivity contribution in [2.24, 2.45) is 12.8 Å². The van der Waals surface area contributed by atoms with E-state index in [0.29, 0.717) is 0 Å². The van der Waals surface area contributed by atoms with E-state index in [9.17, 15) is 0 Å². The second-order valence-corrected chi connectivity index (χ2v) is 4.32. The number of anilines is 1. The number of nitrogens with two attached hydrogens (primary N) is 1. The van der Waals surface area contributed by atoms with Gasteiger partial charge in [-0.05, 0) is 19.1 Å². The van der Waals surface area contributed by atoms with E-state index in [1.807, 2.05) is 39.2 Å². The SMILES string of the molecule is CC(N)CN(C)c1nc2ccccc2n1C. The summed E-state index contributed by atoms with van der Waals surface area (Å²) in [5, 5.41) is 0. The monoisotopic (exact) mass is 218 g/mol. The fourth-order valence-electron chi connectivity index (χ4n) is 1.99. The number of para-hydroxylation sites is 2. The Morgan fingerprint density at radius 2 is 2.12 bits per heavy atom. The second-order valence-electron chi connectivity index (χ2n) is 4.32. The van der Waals surface area contributed by atoms with E-state index in [0.717, 1.165) is 23.5 Å². The molecule has 0 aliphatic rings. The molecule has 2 aromatic rings. The van der Waals surface area contributed by atoms with Crippen LogP contribution in [0.25, 0.3) is 11.0 Å². The molecule has 0 aliphatic heterocycles. The number of imidazole rings is 1. The summed E-state index contributed by atoms with van der Waals surface area (Å²) >= 11 is 0. The molecule has 1 heterocycles. The molecule has 1 aromatic carbocycles. The van der Waals surface area contributed by atoms with Crippen molar-refractivity contribution in [3.05, 3.63) is 24.3 Å². The fraction of sp³-hybridized carbons (Fsp3) is 0.417. The van der Waals surface area contributed by atoms with Crippen molar-refractivity contribution >= 4 is 17.0 Å². The summed E-state index contributed by atoms with van der Waals surface area (Å²) in [6.45, 7) is 2.80. The first kappa shape index (κ1) is 11.0. The first-order valence-electron chi connectivity index (χ1n) is 5.47. The largest absolute Gasteiger partial charge is 0.344 e. The number of aromatic nitrogens is 2. The van der Waals surface area contributed by atoms with Gasteiger partial charge in [0.1, 0.15) is 0 Å². The maximum absolute atomic E-state index is 5.80. The molecule has 0 saturated carbocycles. The number of benzene rings is 1. The quantitative estimate of drug-likeness (QED) is 0.846. The van der Waals surface area contributed by atoms with E-state index in [-0.39, 0.29) is 6.04 Å². The minimum Gasteiger partial charge on any atom is -0.344 e. The number of aryl methyl sites for hydroxylation is 1. The Labute approximate surface area is 95.7 Å². The zero-order chi connectivity index (χ0) is 11.7. The van der Waals surface area contributed by atoms with Gasteiger partial charge < -0.3 is 15.2 Å². The molecular weight excluding hydrogens is 200 g/mol. The predicted octanol–water partition coefficient (Wildman–Crippen LogP) is 1.36. The Morgan fingerprint density at radius 1 is 1.44 bits per heavy atom. The van der Waals surface area contributed by atoms with Crippen LogP contribution in [0.1, 0.15) is 6.92 Å². The van der Waals surface area contributed by atoms with Gasteiger partial charge in [0.15, 0.2) is 0 Å². The highest BCUT2D eigenvalue weighted by Crippen LogP contribution is 2.19. The maximum Gasteiger partial charge on any atom is 0.206 e. The van der Waals surface area contributed by atoms with Crippen LogP contribution in [0.4, 0.5) is 5.95 Å². The van der Waals surface area contributed by atoms with Crippen LogP contribution in [-0.2, 0) is 7.05 Å². The number of likely N-dealkylation sites (N-methyl/N-ethyl adjacent to an activating group) is 1. The summed E-state index contributed by atoms with van der Waals surface area (Å²) in [5.74, 6) is 0.957. The molecule has 0 saturated heterocycles. The van der Waals surface area contributed by atoms with Gasteiger partial charge in [0.05, 0.1) is 11.0 Å². The zero-order valence-electron chi connectivity index (χ0n) is 10.0. The first-order valence-corrected chi connectivity index (χ1v) is 5.47. The molecule has 1 aromatic heterocycles. The predicted molar refractivity (Wildman–Crippen MR) is 67.6 cm³/mol. The zero-order valence-corrected chi connectivity index (χ0v) is 10.0. The molecule has 4 heteroatoms. The maximum atomic E-state index is 5.80. The molecule has 0 fully saturated rings. The summed E-state index contributed by atoms with van der Waals surface area (Å²) in [6.07, 6.45) is 0. The third-order valence-corrected chi connectivity index (χ3v) is 2.67. The van der Waals surface area contributed by atoms with Crippen LogP contribution in [0.5, 0.6) is 0 Å². The first-order chi connectivity index (χ1) is 7.59. The topological polar surface area (TPSA) is 47.1 Å². The van der Waals surface area contributed by atoms with Crippen LogP contribution in [0.2, 0.25) is 0 Å². The number of nitrogens with zero attached hydrogens (tertiary/aromatic N) is 3. The van der Waals surface area contributed by atoms with Crippen molar-refractivity contribution in [2.45, 2.75) is 13.0 Å². The molecule has 0 spiro atoms. The standard InChI is InChI=1S/C12H18N4/c1-9(13)8-15(2)12-14-10-6-4-5-7-11(10)16(12)3/h4-7,9H,8,13H2,1-3H3. The second kappa shape index (κ2) is 4.14. The number of rotatable bonds is 3. The molecule has 1 unspecified atom stereocenters. The van der Waals surface area contributed by atoms with Gasteiger partial charge in [0.25, 0.3) is 0 Å². The van der Waals surface area contributed by atoms with Crippen LogP contribution in [0, 0.1) is 0 Å². The highest BCUT2D eigenvalue weighted by molar-refractivity contribution is 5.78. The average molecular weight is 218 g/mol. The number of hydrogen-bond acceptors (Lipinski definition) is 3. The summed E-state index contributed by atoms with van der Waals surface area (Å²) < 4.78 is 2.09. The van der Waals surface area contributed by atoms with Gasteiger partial charge in [-0.3, -0.25) is 0 Å². The van der Waals surface area contributed by atoms with Crippen LogP contribution < -0.4 is 10.6 Å². The number of fused-ring (bicyclic) bond motifs is 1. The van der Waals surface area contributed by atoms with E-state index in [2.05, 4.69) is 20.5 Å². The molecule has 16 heavy (non-hydrogen) atoms. The Hall–Kier alpha value is -1.55. The van der Waals surface area contributed by atoms with Crippen molar-refractivity contribution < 1.29 is 0 Å². The normalized spacial score (nSPS) is 13.0. The molecule has 0 amide bonds. The van der Waals surface area contributed by atoms with Crippen molar-refractivity contribution in [2.75, 3.05) is 18.5 Å². The Bertz CT molecular complexity index is 487. The van der Waals surface area contributed by atoms with Crippen LogP contribution in [0.15, 0.2) is 24.3 Å². The fourth-order valence-corrected chi connectivity index (χ4v) is 1.99. The molecule has 2 N–H and O–H groups in total. The minimum absolute atomic E-state index is 0.143. The van der Waals surface area contributed by atoms with Gasteiger partial charge in [-0.2, -0.15) is 0 Å². The van der Waals surface area contributed by atoms with Crippen LogP contribution in [0.3, 0.4) is 0 Å². The molecule has 0 aliphatic carbocycles. The van der Waals surface area contributed by atoms with Crippen molar-refractivity contribution in [3.63, 3.8) is 0 Å². The molecule has 0 bridgehead atoms. The van der Waals surface area contributed by atoms with Gasteiger partial charge in [-0.15, -0.1) is 0 Å². The molecule has 4 nitrogen and oxygen atoms in total. The summed E-state index contributed by atoms with van der Waals surface area (Å²) in [6, 6.07) is 8.28. The highest BCUT2D eigenvalue weighted by Gasteiger charge is 2.11. The van der Waals surface area contributed by atoms with Gasteiger partial charge >= 0.3 is 0 Å². The smallest absolute Gasteiger partial charge is 0.206 e. The van der Waals surface area contributed by atoms with E-state index in [4.69, 9.17) is 5.73 Å². The lowest BCUT2D eigenvalue weighted by atomic mass is 10.3. The molecule has 1 atom stereocenters. The van der Waals surface area contributed by atoms with E-state index >= 15 is 0 Å². The van der Waals surface area contributed by atoms with Crippen molar-refractivity contribution in [3.8, 4) is 0 Å². The van der Waals surface area contributed by atoms with E-state index in [1.165, 1.54) is 0 Å². The number of hydrogen-bond donors (Lipinski definition) is 1. The molecule has 86 valence electrons. The molecular formula is C12H18N4. The van der Waals surface area contributed by atoms with Gasteiger partial charge in [-0.25, -0.2) is 4.98 Å².